The van der Waals surface area contributed by atoms with Crippen LogP contribution in [0.5, 0.6) is 0 Å². The quantitative estimate of drug-likeness (QED) is 0.570. The monoisotopic (exact) mass is 362 g/mol. The molecule has 6 nitrogen and oxygen atoms in total. The van der Waals surface area contributed by atoms with Gasteiger partial charge in [-0.25, -0.2) is 9.59 Å². The summed E-state index contributed by atoms with van der Waals surface area (Å²) < 4.78 is 0. The molecular weight excluding hydrogens is 347 g/mol. The van der Waals surface area contributed by atoms with E-state index in [1.807, 2.05) is 0 Å². The molecule has 0 aromatic heterocycles. The number of carbonyl (C=O) groups is 2. The van der Waals surface area contributed by atoms with Gasteiger partial charge in [-0.05, 0) is 27.7 Å². The summed E-state index contributed by atoms with van der Waals surface area (Å²) in [7, 11) is 0. The van der Waals surface area contributed by atoms with Crippen LogP contribution in [0.3, 0.4) is 0 Å². The van der Waals surface area contributed by atoms with Crippen molar-refractivity contribution in [1.29, 1.82) is 0 Å². The van der Waals surface area contributed by atoms with Crippen LogP contribution in [0.25, 0.3) is 0 Å². The summed E-state index contributed by atoms with van der Waals surface area (Å²) in [6, 6.07) is 0. The fourth-order valence-corrected chi connectivity index (χ4v) is 0.418. The number of carboxylic acids is 2. The zero-order valence-corrected chi connectivity index (χ0v) is 12.6. The van der Waals surface area contributed by atoms with Gasteiger partial charge in [0.15, 0.2) is 0 Å². The van der Waals surface area contributed by atoms with Crippen molar-refractivity contribution in [3.05, 3.63) is 12.2 Å². The van der Waals surface area contributed by atoms with Gasteiger partial charge < -0.3 is 10.2 Å². The number of hydrogen-bond acceptors (Lipinski definition) is 4. The summed E-state index contributed by atoms with van der Waals surface area (Å²) in [6.45, 7) is 5.72. The Kier molecular flexibility index (Phi) is 11.3. The maximum absolute atomic E-state index is 10.2. The second kappa shape index (κ2) is 9.43. The Balaban J connectivity index is -0.000000256. The molecule has 2 N–H and O–H groups in total. The Morgan fingerprint density at radius 2 is 1.05 bits per heavy atom. The topological polar surface area (TPSA) is 109 Å². The van der Waals surface area contributed by atoms with Gasteiger partial charge in [-0.3, -0.25) is 9.59 Å². The van der Waals surface area contributed by atoms with E-state index in [9.17, 15) is 19.2 Å². The van der Waals surface area contributed by atoms with E-state index in [1.165, 1.54) is 39.6 Å². The van der Waals surface area contributed by atoms with Crippen molar-refractivity contribution in [2.75, 3.05) is 0 Å². The summed E-state index contributed by atoms with van der Waals surface area (Å²) in [5, 5.41) is 16.7. The minimum atomic E-state index is -1.08. The molecule has 0 heterocycles. The standard InChI is InChI=1S/2C6H8O3.Pd/c2*1-6(2,3-4-7)5(8)9;/h2*3H,1-2H3,(H,8,9);. The molecule has 0 atom stereocenters. The van der Waals surface area contributed by atoms with E-state index in [2.05, 4.69) is 0 Å². The van der Waals surface area contributed by atoms with E-state index in [0.717, 1.165) is 12.2 Å². The molecule has 19 heavy (non-hydrogen) atoms. The maximum atomic E-state index is 10.2. The second-order valence-corrected chi connectivity index (χ2v) is 4.58. The Labute approximate surface area is 124 Å². The third-order valence-electron chi connectivity index (χ3n) is 1.94. The number of aliphatic carboxylic acids is 2. The van der Waals surface area contributed by atoms with Gasteiger partial charge in [0.1, 0.15) is 11.9 Å². The molecular formula is C12H16O6Pd. The van der Waals surface area contributed by atoms with Gasteiger partial charge in [0.05, 0.1) is 10.8 Å². The molecule has 7 heteroatoms. The SMILES string of the molecule is CC(C)(C=C=O)C(=O)O.CC(C)(C=C=O)C(=O)O.[Pd]. The summed E-state index contributed by atoms with van der Waals surface area (Å²) in [5.41, 5.74) is -2.16. The molecule has 0 rings (SSSR count). The predicted molar refractivity (Wildman–Crippen MR) is 63.4 cm³/mol. The third-order valence-corrected chi connectivity index (χ3v) is 1.94. The third kappa shape index (κ3) is 10.1. The largest absolute Gasteiger partial charge is 0.481 e. The fourth-order valence-electron chi connectivity index (χ4n) is 0.418. The van der Waals surface area contributed by atoms with E-state index in [1.54, 1.807) is 0 Å². The molecule has 0 bridgehead atoms. The van der Waals surface area contributed by atoms with Gasteiger partial charge >= 0.3 is 11.9 Å². The summed E-state index contributed by atoms with van der Waals surface area (Å²) >= 11 is 0. The second-order valence-electron chi connectivity index (χ2n) is 4.58. The maximum Gasteiger partial charge on any atom is 0.313 e. The Morgan fingerprint density at radius 1 is 0.842 bits per heavy atom. The van der Waals surface area contributed by atoms with Crippen LogP contribution >= 0.6 is 0 Å². The Morgan fingerprint density at radius 3 is 1.11 bits per heavy atom. The summed E-state index contributed by atoms with van der Waals surface area (Å²) in [4.78, 5) is 39.8. The van der Waals surface area contributed by atoms with E-state index < -0.39 is 22.8 Å². The zero-order valence-electron chi connectivity index (χ0n) is 11.0. The first-order valence-corrected chi connectivity index (χ1v) is 4.92. The molecule has 0 amide bonds. The normalized spacial score (nSPS) is 9.47. The molecule has 0 aliphatic heterocycles. The average molecular weight is 363 g/mol. The van der Waals surface area contributed by atoms with E-state index in [4.69, 9.17) is 10.2 Å². The average Bonchev–Trinajstić information content (AvgIpc) is 2.17. The number of carbonyl (C=O) groups excluding carboxylic acids is 2. The smallest absolute Gasteiger partial charge is 0.313 e. The van der Waals surface area contributed by atoms with Crippen molar-refractivity contribution in [2.24, 2.45) is 10.8 Å². The number of hydrogen-bond donors (Lipinski definition) is 2. The van der Waals surface area contributed by atoms with E-state index in [-0.39, 0.29) is 20.4 Å². The predicted octanol–water partition coefficient (Wildman–Crippen LogP) is 0.968. The Hall–Kier alpha value is -1.50. The molecule has 0 fully saturated rings. The van der Waals surface area contributed by atoms with Crippen LogP contribution in [-0.4, -0.2) is 34.0 Å². The molecule has 0 aliphatic carbocycles. The molecule has 0 spiro atoms. The number of carboxylic acid groups (broad SMARTS) is 2. The van der Waals surface area contributed by atoms with Gasteiger partial charge in [0, 0.05) is 32.6 Å². The van der Waals surface area contributed by atoms with E-state index >= 15 is 0 Å². The van der Waals surface area contributed by atoms with Crippen LogP contribution in [0.2, 0.25) is 0 Å². The molecule has 0 saturated carbocycles. The van der Waals surface area contributed by atoms with Crippen molar-refractivity contribution in [3.63, 3.8) is 0 Å². The van der Waals surface area contributed by atoms with Crippen molar-refractivity contribution in [2.45, 2.75) is 27.7 Å². The molecule has 110 valence electrons. The van der Waals surface area contributed by atoms with Crippen LogP contribution in [0, 0.1) is 10.8 Å². The van der Waals surface area contributed by atoms with Gasteiger partial charge in [0.25, 0.3) is 0 Å². The van der Waals surface area contributed by atoms with Gasteiger partial charge in [0.2, 0.25) is 0 Å². The van der Waals surface area contributed by atoms with Crippen molar-refractivity contribution < 1.29 is 49.8 Å². The van der Waals surface area contributed by atoms with Crippen LogP contribution in [0.4, 0.5) is 0 Å². The van der Waals surface area contributed by atoms with Crippen LogP contribution in [0.15, 0.2) is 12.2 Å². The zero-order chi connectivity index (χ0) is 15.0. The van der Waals surface area contributed by atoms with Crippen molar-refractivity contribution in [3.8, 4) is 0 Å². The fraction of sp³-hybridized carbons (Fsp3) is 0.500. The summed E-state index contributed by atoms with van der Waals surface area (Å²) in [6.07, 6.45) is 1.96. The van der Waals surface area contributed by atoms with Gasteiger partial charge in [-0.1, -0.05) is 0 Å². The molecule has 0 saturated heterocycles. The first-order valence-electron chi connectivity index (χ1n) is 4.92. The van der Waals surface area contributed by atoms with Crippen molar-refractivity contribution >= 4 is 23.8 Å². The van der Waals surface area contributed by atoms with E-state index in [0.29, 0.717) is 0 Å². The molecule has 0 radical (unpaired) electrons. The van der Waals surface area contributed by atoms with Crippen LogP contribution < -0.4 is 0 Å². The molecule has 0 aromatic carbocycles. The first kappa shape index (κ1) is 22.7. The Bertz CT molecular complexity index is 364. The summed E-state index contributed by atoms with van der Waals surface area (Å²) in [5.74, 6) is 0.822. The van der Waals surface area contributed by atoms with Crippen molar-refractivity contribution in [1.82, 2.24) is 0 Å². The minimum Gasteiger partial charge on any atom is -0.481 e. The molecule has 0 unspecified atom stereocenters. The minimum absolute atomic E-state index is 0. The van der Waals surface area contributed by atoms with Crippen LogP contribution in [-0.2, 0) is 39.6 Å². The molecule has 0 aliphatic rings. The molecule has 0 aromatic rings. The van der Waals surface area contributed by atoms with Crippen LogP contribution in [0.1, 0.15) is 27.7 Å². The first-order chi connectivity index (χ1) is 8.01. The van der Waals surface area contributed by atoms with Gasteiger partial charge in [-0.15, -0.1) is 0 Å². The number of rotatable bonds is 4. The van der Waals surface area contributed by atoms with Gasteiger partial charge in [-0.2, -0.15) is 0 Å².